The number of benzene rings is 1. The van der Waals surface area contributed by atoms with E-state index in [-0.39, 0.29) is 11.6 Å². The number of aliphatic hydroxyl groups excluding tert-OH is 1. The van der Waals surface area contributed by atoms with Gasteiger partial charge in [0.1, 0.15) is 0 Å². The number of amides is 1. The lowest BCUT2D eigenvalue weighted by Crippen LogP contribution is -2.37. The van der Waals surface area contributed by atoms with Gasteiger partial charge in [-0.05, 0) is 36.2 Å². The van der Waals surface area contributed by atoms with Gasteiger partial charge in [0.15, 0.2) is 5.69 Å². The molecule has 0 bridgehead atoms. The molecule has 1 aromatic heterocycles. The number of aromatic nitrogens is 2. The van der Waals surface area contributed by atoms with Crippen molar-refractivity contribution in [1.29, 1.82) is 0 Å². The van der Waals surface area contributed by atoms with Gasteiger partial charge in [0.2, 0.25) is 0 Å². The van der Waals surface area contributed by atoms with Crippen molar-refractivity contribution in [1.82, 2.24) is 14.9 Å². The van der Waals surface area contributed by atoms with Gasteiger partial charge in [-0.15, -0.1) is 5.10 Å². The van der Waals surface area contributed by atoms with Gasteiger partial charge in [-0.1, -0.05) is 32.6 Å². The van der Waals surface area contributed by atoms with Crippen molar-refractivity contribution >= 4 is 33.4 Å². The molecule has 0 aliphatic carbocycles. The zero-order valence-corrected chi connectivity index (χ0v) is 12.5. The van der Waals surface area contributed by atoms with E-state index >= 15 is 0 Å². The molecule has 0 saturated heterocycles. The second-order valence-electron chi connectivity index (χ2n) is 4.05. The van der Waals surface area contributed by atoms with Crippen molar-refractivity contribution in [2.75, 3.05) is 0 Å². The molecule has 0 saturated carbocycles. The van der Waals surface area contributed by atoms with Gasteiger partial charge in [-0.2, -0.15) is 0 Å². The fourth-order valence-corrected chi connectivity index (χ4v) is 2.27. The minimum absolute atomic E-state index is 0.264. The molecule has 0 radical (unpaired) electrons. The Labute approximate surface area is 123 Å². The molecule has 2 rings (SSSR count). The fourth-order valence-electron chi connectivity index (χ4n) is 1.57. The highest BCUT2D eigenvalue weighted by molar-refractivity contribution is 9.10. The maximum atomic E-state index is 11.8. The molecule has 0 fully saturated rings. The Hall–Kier alpha value is -1.31. The molecule has 7 heteroatoms. The van der Waals surface area contributed by atoms with Crippen LogP contribution in [0, 0.1) is 0 Å². The summed E-state index contributed by atoms with van der Waals surface area (Å²) in [6.45, 7) is 1.74. The lowest BCUT2D eigenvalue weighted by atomic mass is 10.0. The van der Waals surface area contributed by atoms with E-state index in [9.17, 15) is 9.90 Å². The number of carbonyl (C=O) groups is 1. The van der Waals surface area contributed by atoms with Crippen molar-refractivity contribution in [3.8, 4) is 0 Å². The van der Waals surface area contributed by atoms with E-state index in [1.165, 1.54) is 0 Å². The molecular formula is C12H12BrN3O2S. The summed E-state index contributed by atoms with van der Waals surface area (Å²) in [5.41, 5.74) is 1.01. The van der Waals surface area contributed by atoms with Crippen LogP contribution in [-0.2, 0) is 0 Å². The van der Waals surface area contributed by atoms with E-state index in [0.29, 0.717) is 0 Å². The van der Waals surface area contributed by atoms with Crippen LogP contribution in [0.2, 0.25) is 0 Å². The summed E-state index contributed by atoms with van der Waals surface area (Å²) in [7, 11) is 0. The van der Waals surface area contributed by atoms with Crippen LogP contribution in [0.15, 0.2) is 34.1 Å². The first-order valence-electron chi connectivity index (χ1n) is 5.59. The summed E-state index contributed by atoms with van der Waals surface area (Å²) >= 11 is 4.44. The van der Waals surface area contributed by atoms with Crippen molar-refractivity contribution in [2.45, 2.75) is 19.1 Å². The van der Waals surface area contributed by atoms with Gasteiger partial charge in [-0.3, -0.25) is 4.79 Å². The second kappa shape index (κ2) is 6.23. The molecule has 2 aromatic rings. The highest BCUT2D eigenvalue weighted by Crippen LogP contribution is 2.19. The van der Waals surface area contributed by atoms with Crippen molar-refractivity contribution in [2.24, 2.45) is 0 Å². The van der Waals surface area contributed by atoms with E-state index in [1.807, 2.05) is 24.3 Å². The lowest BCUT2D eigenvalue weighted by molar-refractivity contribution is 0.0847. The first-order chi connectivity index (χ1) is 9.08. The van der Waals surface area contributed by atoms with Crippen molar-refractivity contribution in [3.63, 3.8) is 0 Å². The minimum Gasteiger partial charge on any atom is -0.386 e. The smallest absolute Gasteiger partial charge is 0.273 e. The Bertz CT molecular complexity index is 545. The summed E-state index contributed by atoms with van der Waals surface area (Å²) in [4.78, 5) is 11.8. The zero-order chi connectivity index (χ0) is 13.8. The number of nitrogens with one attached hydrogen (secondary N) is 1. The largest absolute Gasteiger partial charge is 0.386 e. The lowest BCUT2D eigenvalue weighted by Gasteiger charge is -2.20. The molecule has 0 aliphatic rings. The van der Waals surface area contributed by atoms with E-state index in [4.69, 9.17) is 0 Å². The molecule has 2 N–H and O–H groups in total. The van der Waals surface area contributed by atoms with E-state index in [2.05, 4.69) is 30.8 Å². The standard InChI is InChI=1S/C12H12BrN3O2S/c1-7(14-12(18)10-6-19-16-15-10)11(17)8-2-4-9(13)5-3-8/h2-7,11,17H,1H3,(H,14,18)/t7-,11+/m0/s1. The third-order valence-electron chi connectivity index (χ3n) is 2.64. The van der Waals surface area contributed by atoms with E-state index in [1.54, 1.807) is 12.3 Å². The summed E-state index contributed by atoms with van der Waals surface area (Å²) in [6, 6.07) is 6.88. The molecule has 0 unspecified atom stereocenters. The Balaban J connectivity index is 2.01. The maximum absolute atomic E-state index is 11.8. The van der Waals surface area contributed by atoms with Crippen LogP contribution in [0.25, 0.3) is 0 Å². The van der Waals surface area contributed by atoms with Crippen LogP contribution in [0.3, 0.4) is 0 Å². The molecular weight excluding hydrogens is 330 g/mol. The fraction of sp³-hybridized carbons (Fsp3) is 0.250. The van der Waals surface area contributed by atoms with Crippen LogP contribution in [0.5, 0.6) is 0 Å². The first kappa shape index (κ1) is 14.1. The van der Waals surface area contributed by atoms with Crippen molar-refractivity contribution < 1.29 is 9.90 Å². The Morgan fingerprint density at radius 2 is 2.11 bits per heavy atom. The third-order valence-corrected chi connectivity index (χ3v) is 3.67. The zero-order valence-electron chi connectivity index (χ0n) is 10.1. The summed E-state index contributed by atoms with van der Waals surface area (Å²) in [5.74, 6) is -0.336. The average molecular weight is 342 g/mol. The predicted octanol–water partition coefficient (Wildman–Crippen LogP) is 2.15. The summed E-state index contributed by atoms with van der Waals surface area (Å²) in [5, 5.41) is 18.1. The molecule has 0 spiro atoms. The number of halogens is 1. The molecule has 2 atom stereocenters. The van der Waals surface area contributed by atoms with Crippen molar-refractivity contribution in [3.05, 3.63) is 45.4 Å². The normalized spacial score (nSPS) is 13.8. The number of nitrogens with zero attached hydrogens (tertiary/aromatic N) is 2. The monoisotopic (exact) mass is 341 g/mol. The van der Waals surface area contributed by atoms with Crippen LogP contribution in [0.1, 0.15) is 29.1 Å². The van der Waals surface area contributed by atoms with E-state index < -0.39 is 12.1 Å². The van der Waals surface area contributed by atoms with Crippen LogP contribution in [-0.4, -0.2) is 26.6 Å². The number of rotatable bonds is 4. The average Bonchev–Trinajstić information content (AvgIpc) is 2.92. The number of aliphatic hydroxyl groups is 1. The van der Waals surface area contributed by atoms with Crippen LogP contribution >= 0.6 is 27.5 Å². The predicted molar refractivity (Wildman–Crippen MR) is 75.9 cm³/mol. The van der Waals surface area contributed by atoms with Gasteiger partial charge in [0.05, 0.1) is 12.1 Å². The Kier molecular flexibility index (Phi) is 4.62. The van der Waals surface area contributed by atoms with Gasteiger partial charge in [-0.25, -0.2) is 0 Å². The molecule has 100 valence electrons. The topological polar surface area (TPSA) is 75.1 Å². The minimum atomic E-state index is -0.774. The van der Waals surface area contributed by atoms with Crippen LogP contribution < -0.4 is 5.32 Å². The van der Waals surface area contributed by atoms with Crippen LogP contribution in [0.4, 0.5) is 0 Å². The second-order valence-corrected chi connectivity index (χ2v) is 5.57. The highest BCUT2D eigenvalue weighted by Gasteiger charge is 2.20. The molecule has 1 heterocycles. The number of carbonyl (C=O) groups excluding carboxylic acids is 1. The molecule has 1 aromatic carbocycles. The SMILES string of the molecule is C[C@H](NC(=O)c1csnn1)[C@@H](O)c1ccc(Br)cc1. The maximum Gasteiger partial charge on any atom is 0.273 e. The van der Waals surface area contributed by atoms with Gasteiger partial charge in [0.25, 0.3) is 5.91 Å². The van der Waals surface area contributed by atoms with Gasteiger partial charge < -0.3 is 10.4 Å². The van der Waals surface area contributed by atoms with Gasteiger partial charge >= 0.3 is 0 Å². The molecule has 19 heavy (non-hydrogen) atoms. The van der Waals surface area contributed by atoms with E-state index in [0.717, 1.165) is 21.6 Å². The summed E-state index contributed by atoms with van der Waals surface area (Å²) in [6.07, 6.45) is -0.774. The molecule has 1 amide bonds. The third kappa shape index (κ3) is 3.59. The molecule has 5 nitrogen and oxygen atoms in total. The Morgan fingerprint density at radius 3 is 2.68 bits per heavy atom. The number of hydrogen-bond donors (Lipinski definition) is 2. The number of hydrogen-bond acceptors (Lipinski definition) is 5. The Morgan fingerprint density at radius 1 is 1.42 bits per heavy atom. The summed E-state index contributed by atoms with van der Waals surface area (Å²) < 4.78 is 4.56. The first-order valence-corrected chi connectivity index (χ1v) is 7.22. The highest BCUT2D eigenvalue weighted by atomic mass is 79.9. The van der Waals surface area contributed by atoms with Gasteiger partial charge in [0, 0.05) is 9.85 Å². The molecule has 0 aliphatic heterocycles. The quantitative estimate of drug-likeness (QED) is 0.893.